The van der Waals surface area contributed by atoms with Gasteiger partial charge in [-0.25, -0.2) is 19.2 Å². The summed E-state index contributed by atoms with van der Waals surface area (Å²) in [5, 5.41) is 19.5. The second-order valence-electron chi connectivity index (χ2n) is 9.64. The fraction of sp³-hybridized carbons (Fsp3) is 0.500. The van der Waals surface area contributed by atoms with Crippen LogP contribution in [0.5, 0.6) is 5.75 Å². The lowest BCUT2D eigenvalue weighted by Crippen LogP contribution is -2.40. The molecule has 40 heavy (non-hydrogen) atoms. The number of nitrogens with zero attached hydrogens (tertiary/aromatic N) is 5. The van der Waals surface area contributed by atoms with Crippen LogP contribution >= 0.6 is 0 Å². The predicted molar refractivity (Wildman–Crippen MR) is 136 cm³/mol. The summed E-state index contributed by atoms with van der Waals surface area (Å²) in [4.78, 5) is 34.5. The summed E-state index contributed by atoms with van der Waals surface area (Å²) in [7, 11) is 0. The Bertz CT molecular complexity index is 1270. The van der Waals surface area contributed by atoms with Gasteiger partial charge in [0.1, 0.15) is 6.10 Å². The van der Waals surface area contributed by atoms with E-state index < -0.39 is 18.0 Å². The van der Waals surface area contributed by atoms with Gasteiger partial charge in [0.05, 0.1) is 29.6 Å². The molecule has 10 nitrogen and oxygen atoms in total. The van der Waals surface area contributed by atoms with Gasteiger partial charge in [-0.3, -0.25) is 4.79 Å². The van der Waals surface area contributed by atoms with Gasteiger partial charge in [-0.2, -0.15) is 18.4 Å². The number of piperidine rings is 1. The molecule has 2 aliphatic heterocycles. The molecule has 0 saturated carbocycles. The van der Waals surface area contributed by atoms with E-state index in [0.717, 1.165) is 23.0 Å². The van der Waals surface area contributed by atoms with Crippen molar-refractivity contribution >= 4 is 23.5 Å². The molecule has 2 N–H and O–H groups in total. The number of nitrogens with one attached hydrogen (secondary N) is 1. The van der Waals surface area contributed by atoms with Crippen LogP contribution in [0.1, 0.15) is 50.6 Å². The van der Waals surface area contributed by atoms with E-state index in [4.69, 9.17) is 29.9 Å². The van der Waals surface area contributed by atoms with Crippen LogP contribution in [0, 0.1) is 17.1 Å². The van der Waals surface area contributed by atoms with Gasteiger partial charge >= 0.3 is 12.1 Å². The van der Waals surface area contributed by atoms with Crippen molar-refractivity contribution in [2.24, 2.45) is 0 Å². The number of alkyl halides is 3. The lowest BCUT2D eigenvalue weighted by Gasteiger charge is -2.35. The normalized spacial score (nSPS) is 15.5. The summed E-state index contributed by atoms with van der Waals surface area (Å²) in [5.41, 5.74) is 2.06. The number of halogens is 4. The molecule has 2 aromatic rings. The molecule has 0 aliphatic carbocycles. The number of carboxylic acid groups (broad SMARTS) is 1. The van der Waals surface area contributed by atoms with Gasteiger partial charge in [-0.15, -0.1) is 0 Å². The molecular formula is C26H30F4N6O4. The van der Waals surface area contributed by atoms with E-state index in [1.165, 1.54) is 12.1 Å². The monoisotopic (exact) mass is 566 g/mol. The average Bonchev–Trinajstić information content (AvgIpc) is 2.89. The predicted octanol–water partition coefficient (Wildman–Crippen LogP) is 3.89. The first-order chi connectivity index (χ1) is 18.8. The molecule has 14 heteroatoms. The number of aliphatic carboxylic acids is 1. The number of carboxylic acids is 1. The van der Waals surface area contributed by atoms with E-state index in [2.05, 4.69) is 24.1 Å². The summed E-state index contributed by atoms with van der Waals surface area (Å²) in [5.74, 6) is -1.51. The highest BCUT2D eigenvalue weighted by atomic mass is 19.4. The lowest BCUT2D eigenvalue weighted by molar-refractivity contribution is -0.192. The number of aromatic nitrogens is 2. The molecule has 0 radical (unpaired) electrons. The van der Waals surface area contributed by atoms with Crippen molar-refractivity contribution in [1.82, 2.24) is 14.9 Å². The molecule has 1 aromatic heterocycles. The Hall–Kier alpha value is -4.15. The molecule has 2 aliphatic rings. The Labute approximate surface area is 228 Å². The fourth-order valence-electron chi connectivity index (χ4n) is 4.21. The van der Waals surface area contributed by atoms with Crippen molar-refractivity contribution in [3.05, 3.63) is 41.0 Å². The zero-order valence-electron chi connectivity index (χ0n) is 22.3. The molecule has 4 rings (SSSR count). The third kappa shape index (κ3) is 7.93. The highest BCUT2D eigenvalue weighted by Gasteiger charge is 2.38. The molecular weight excluding hydrogens is 536 g/mol. The largest absolute Gasteiger partial charge is 0.490 e. The molecule has 1 amide bonds. The molecule has 3 heterocycles. The number of anilines is 2. The third-order valence-electron chi connectivity index (χ3n) is 6.20. The Morgan fingerprint density at radius 2 is 1.82 bits per heavy atom. The number of benzene rings is 1. The van der Waals surface area contributed by atoms with Gasteiger partial charge in [0.15, 0.2) is 23.2 Å². The van der Waals surface area contributed by atoms with Crippen LogP contribution in [0.4, 0.5) is 29.2 Å². The highest BCUT2D eigenvalue weighted by Crippen LogP contribution is 2.30. The first kappa shape index (κ1) is 30.4. The number of carbonyl (C=O) groups excluding carboxylic acids is 1. The van der Waals surface area contributed by atoms with Crippen molar-refractivity contribution in [1.29, 1.82) is 5.26 Å². The summed E-state index contributed by atoms with van der Waals surface area (Å²) in [6.07, 6.45) is -3.09. The number of rotatable bonds is 5. The van der Waals surface area contributed by atoms with Crippen LogP contribution in [0.2, 0.25) is 0 Å². The van der Waals surface area contributed by atoms with Gasteiger partial charge in [-0.05, 0) is 32.0 Å². The number of carbonyl (C=O) groups is 2. The second kappa shape index (κ2) is 12.8. The topological polar surface area (TPSA) is 132 Å². The standard InChI is InChI=1S/C24H29FN6O2.C2HF3O2/c1-15(2)27-23-24(29-21-14-31(16(3)32)11-8-20(21)28-23)30-9-6-18(7-10-30)33-22-5-4-17(13-26)12-19(22)25;3-2(4,5)1(6)7/h4-5,12,15,18H,6-11,14H2,1-3H3,(H,27,28);(H,6,7). The lowest BCUT2D eigenvalue weighted by atomic mass is 10.1. The number of ether oxygens (including phenoxy) is 1. The van der Waals surface area contributed by atoms with E-state index in [9.17, 15) is 22.4 Å². The van der Waals surface area contributed by atoms with E-state index in [-0.39, 0.29) is 29.4 Å². The van der Waals surface area contributed by atoms with E-state index in [0.29, 0.717) is 45.4 Å². The van der Waals surface area contributed by atoms with E-state index in [1.807, 2.05) is 6.07 Å². The number of fused-ring (bicyclic) bond motifs is 1. The third-order valence-corrected chi connectivity index (χ3v) is 6.20. The zero-order chi connectivity index (χ0) is 29.6. The van der Waals surface area contributed by atoms with Crippen molar-refractivity contribution < 1.29 is 37.0 Å². The minimum Gasteiger partial charge on any atom is -0.487 e. The molecule has 0 spiro atoms. The Kier molecular flexibility index (Phi) is 9.73. The summed E-state index contributed by atoms with van der Waals surface area (Å²) in [6, 6.07) is 6.40. The number of nitriles is 1. The Morgan fingerprint density at radius 3 is 2.35 bits per heavy atom. The van der Waals surface area contributed by atoms with Crippen molar-refractivity contribution in [3.8, 4) is 11.8 Å². The molecule has 1 saturated heterocycles. The van der Waals surface area contributed by atoms with Gasteiger partial charge in [0, 0.05) is 51.9 Å². The van der Waals surface area contributed by atoms with E-state index >= 15 is 0 Å². The van der Waals surface area contributed by atoms with Gasteiger partial charge in [0.25, 0.3) is 0 Å². The molecule has 0 atom stereocenters. The smallest absolute Gasteiger partial charge is 0.487 e. The first-order valence-corrected chi connectivity index (χ1v) is 12.6. The maximum Gasteiger partial charge on any atom is 0.490 e. The average molecular weight is 567 g/mol. The van der Waals surface area contributed by atoms with Crippen molar-refractivity contribution in [2.75, 3.05) is 29.9 Å². The SMILES string of the molecule is CC(=O)N1CCc2nc(NC(C)C)c(N3CCC(Oc4ccc(C#N)cc4F)CC3)nc2C1.O=C(O)C(F)(F)F. The minimum atomic E-state index is -5.08. The first-order valence-electron chi connectivity index (χ1n) is 12.6. The van der Waals surface area contributed by atoms with Crippen LogP contribution in [0.3, 0.4) is 0 Å². The summed E-state index contributed by atoms with van der Waals surface area (Å²) in [6.45, 7) is 8.23. The summed E-state index contributed by atoms with van der Waals surface area (Å²) < 4.78 is 51.8. The second-order valence-corrected chi connectivity index (χ2v) is 9.64. The van der Waals surface area contributed by atoms with Crippen LogP contribution in [-0.4, -0.2) is 69.8 Å². The van der Waals surface area contributed by atoms with Crippen LogP contribution < -0.4 is 15.0 Å². The van der Waals surface area contributed by atoms with E-state index in [1.54, 1.807) is 17.9 Å². The van der Waals surface area contributed by atoms with Gasteiger partial charge in [-0.1, -0.05) is 0 Å². The van der Waals surface area contributed by atoms with Crippen LogP contribution in [0.15, 0.2) is 18.2 Å². The number of hydrogen-bond donors (Lipinski definition) is 2. The maximum absolute atomic E-state index is 14.2. The molecule has 1 aromatic carbocycles. The maximum atomic E-state index is 14.2. The zero-order valence-corrected chi connectivity index (χ0v) is 22.3. The Morgan fingerprint density at radius 1 is 1.18 bits per heavy atom. The quantitative estimate of drug-likeness (QED) is 0.518. The van der Waals surface area contributed by atoms with Crippen molar-refractivity contribution in [2.45, 2.75) is 64.9 Å². The molecule has 216 valence electrons. The number of amides is 1. The highest BCUT2D eigenvalue weighted by molar-refractivity contribution is 5.74. The molecule has 0 unspecified atom stereocenters. The molecule has 1 fully saturated rings. The number of hydrogen-bond acceptors (Lipinski definition) is 8. The van der Waals surface area contributed by atoms with Gasteiger partial charge < -0.3 is 25.0 Å². The fourth-order valence-corrected chi connectivity index (χ4v) is 4.21. The van der Waals surface area contributed by atoms with Crippen molar-refractivity contribution in [3.63, 3.8) is 0 Å². The van der Waals surface area contributed by atoms with Crippen LogP contribution in [0.25, 0.3) is 0 Å². The minimum absolute atomic E-state index is 0.0429. The summed E-state index contributed by atoms with van der Waals surface area (Å²) >= 11 is 0. The molecule has 0 bridgehead atoms. The van der Waals surface area contributed by atoms with Gasteiger partial charge in [0.2, 0.25) is 5.91 Å². The van der Waals surface area contributed by atoms with Crippen LogP contribution in [-0.2, 0) is 22.6 Å². The Balaban J connectivity index is 0.000000559.